The number of nitriles is 1. The van der Waals surface area contributed by atoms with E-state index in [1.807, 2.05) is 6.92 Å². The summed E-state index contributed by atoms with van der Waals surface area (Å²) in [7, 11) is 0. The fourth-order valence-electron chi connectivity index (χ4n) is 4.47. The first-order valence-corrected chi connectivity index (χ1v) is 13.0. The Hall–Kier alpha value is -4.56. The van der Waals surface area contributed by atoms with Crippen LogP contribution in [-0.4, -0.2) is 52.6 Å². The molecule has 2 aromatic rings. The predicted octanol–water partition coefficient (Wildman–Crippen LogP) is 3.54. The maximum absolute atomic E-state index is 13.3. The number of aliphatic hydroxyl groups is 1. The molecule has 3 rings (SSSR count). The highest BCUT2D eigenvalue weighted by Crippen LogP contribution is 2.42. The Labute approximate surface area is 239 Å². The highest BCUT2D eigenvalue weighted by atomic mass is 19.1. The van der Waals surface area contributed by atoms with Gasteiger partial charge < -0.3 is 31.2 Å². The van der Waals surface area contributed by atoms with Crippen LogP contribution < -0.4 is 15.8 Å². The lowest BCUT2D eigenvalue weighted by molar-refractivity contribution is -0.123. The second kappa shape index (κ2) is 14.2. The van der Waals surface area contributed by atoms with Gasteiger partial charge >= 0.3 is 0 Å². The minimum absolute atomic E-state index is 0.114. The normalized spacial score (nSPS) is 18.4. The van der Waals surface area contributed by atoms with Crippen molar-refractivity contribution in [1.29, 1.82) is 10.7 Å². The molecule has 0 spiro atoms. The van der Waals surface area contributed by atoms with E-state index in [2.05, 4.69) is 11.4 Å². The Balaban J connectivity index is 0.000000287. The lowest BCUT2D eigenvalue weighted by Gasteiger charge is -2.33. The maximum atomic E-state index is 13.3. The first-order valence-electron chi connectivity index (χ1n) is 13.0. The van der Waals surface area contributed by atoms with E-state index in [0.29, 0.717) is 41.8 Å². The van der Waals surface area contributed by atoms with Gasteiger partial charge in [-0.1, -0.05) is 12.1 Å². The van der Waals surface area contributed by atoms with Crippen LogP contribution in [-0.2, 0) is 9.59 Å². The van der Waals surface area contributed by atoms with Crippen LogP contribution in [0.1, 0.15) is 61.6 Å². The number of amides is 3. The van der Waals surface area contributed by atoms with E-state index in [1.54, 1.807) is 51.1 Å². The van der Waals surface area contributed by atoms with Gasteiger partial charge in [0.25, 0.3) is 11.8 Å². The zero-order valence-electron chi connectivity index (χ0n) is 23.8. The molecular formula is C30H36FN5O5. The van der Waals surface area contributed by atoms with E-state index in [9.17, 15) is 29.1 Å². The van der Waals surface area contributed by atoms with Gasteiger partial charge in [-0.25, -0.2) is 4.39 Å². The topological polar surface area (TPSA) is 170 Å². The van der Waals surface area contributed by atoms with Gasteiger partial charge in [-0.05, 0) is 82.5 Å². The van der Waals surface area contributed by atoms with Crippen molar-refractivity contribution in [3.8, 4) is 11.8 Å². The molecule has 0 aliphatic carbocycles. The number of carbonyl (C=O) groups excluding carboxylic acids is 3. The van der Waals surface area contributed by atoms with Gasteiger partial charge in [-0.3, -0.25) is 14.4 Å². The maximum Gasteiger partial charge on any atom is 0.284 e. The van der Waals surface area contributed by atoms with E-state index in [1.165, 1.54) is 30.0 Å². The summed E-state index contributed by atoms with van der Waals surface area (Å²) >= 11 is 0. The highest BCUT2D eigenvalue weighted by Gasteiger charge is 2.47. The number of carbonyl (C=O) groups is 3. The number of primary amides is 1. The van der Waals surface area contributed by atoms with Crippen molar-refractivity contribution in [1.82, 2.24) is 10.2 Å². The van der Waals surface area contributed by atoms with E-state index >= 15 is 0 Å². The third-order valence-corrected chi connectivity index (χ3v) is 6.53. The number of hydrogen-bond donors (Lipinski definition) is 4. The average Bonchev–Trinajstić information content (AvgIpc) is 3.26. The lowest BCUT2D eigenvalue weighted by atomic mass is 9.84. The summed E-state index contributed by atoms with van der Waals surface area (Å²) in [4.78, 5) is 35.8. The molecule has 2 aromatic carbocycles. The van der Waals surface area contributed by atoms with Crippen molar-refractivity contribution in [3.63, 3.8) is 0 Å². The van der Waals surface area contributed by atoms with Gasteiger partial charge in [0.1, 0.15) is 11.6 Å². The number of hydrogen-bond acceptors (Lipinski definition) is 7. The molecule has 1 aliphatic heterocycles. The van der Waals surface area contributed by atoms with Crippen molar-refractivity contribution >= 4 is 23.9 Å². The zero-order valence-corrected chi connectivity index (χ0v) is 23.8. The number of aryl methyl sites for hydroxylation is 1. The molecule has 1 saturated heterocycles. The molecule has 5 N–H and O–H groups in total. The summed E-state index contributed by atoms with van der Waals surface area (Å²) in [5.74, 6) is -1.05. The standard InChI is InChI=1S/C15H17FN2O2.C15H19N3O3/c1-15(2,8-17)13-7-12(20)14(18(13)9-19)10-4-3-5-11(16)6-10;1-4-18-15(20)11-5-6-12(9(2)7-11)21-13(14(17)19)8-10(3)16/h3-6,9,12-14,20H,7H2,1-2H3;5-8,16H,4H2,1-3H3,(H2,17,19)(H,18,20)/b;13-8+,16-10?. The molecule has 3 unspecified atom stereocenters. The van der Waals surface area contributed by atoms with Gasteiger partial charge in [0.05, 0.1) is 29.7 Å². The number of nitrogens with one attached hydrogen (secondary N) is 2. The van der Waals surface area contributed by atoms with E-state index in [-0.39, 0.29) is 17.4 Å². The number of allylic oxidation sites excluding steroid dienone is 1. The molecule has 218 valence electrons. The first-order chi connectivity index (χ1) is 19.2. The molecule has 1 aliphatic rings. The summed E-state index contributed by atoms with van der Waals surface area (Å²) < 4.78 is 18.8. The van der Waals surface area contributed by atoms with E-state index in [4.69, 9.17) is 15.9 Å². The van der Waals surface area contributed by atoms with Crippen molar-refractivity contribution < 1.29 is 28.6 Å². The van der Waals surface area contributed by atoms with Crippen molar-refractivity contribution in [2.24, 2.45) is 11.1 Å². The van der Waals surface area contributed by atoms with Crippen molar-refractivity contribution in [2.75, 3.05) is 6.54 Å². The summed E-state index contributed by atoms with van der Waals surface area (Å²) in [6.45, 7) is 9.12. The molecular weight excluding hydrogens is 529 g/mol. The Bertz CT molecular complexity index is 1370. The van der Waals surface area contributed by atoms with Crippen LogP contribution in [0.5, 0.6) is 5.75 Å². The molecule has 0 saturated carbocycles. The van der Waals surface area contributed by atoms with Gasteiger partial charge in [-0.2, -0.15) is 5.26 Å². The molecule has 0 radical (unpaired) electrons. The van der Waals surface area contributed by atoms with Crippen LogP contribution in [0.15, 0.2) is 54.3 Å². The van der Waals surface area contributed by atoms with Gasteiger partial charge in [0, 0.05) is 23.9 Å². The first kappa shape index (κ1) is 32.7. The lowest BCUT2D eigenvalue weighted by Crippen LogP contribution is -2.40. The fraction of sp³-hybridized carbons (Fsp3) is 0.367. The van der Waals surface area contributed by atoms with Gasteiger partial charge in [0.15, 0.2) is 5.76 Å². The smallest absolute Gasteiger partial charge is 0.284 e. The highest BCUT2D eigenvalue weighted by molar-refractivity contribution is 6.00. The SMILES string of the molecule is CC(C)(C#N)C1CC(O)C(c2cccc(F)c2)N1C=O.CCNC(=O)c1ccc(O/C(=C/C(C)=N)C(N)=O)c(C)c1. The fourth-order valence-corrected chi connectivity index (χ4v) is 4.47. The Kier molecular flexibility index (Phi) is 11.3. The van der Waals surface area contributed by atoms with E-state index in [0.717, 1.165) is 0 Å². The number of ether oxygens (including phenoxy) is 1. The van der Waals surface area contributed by atoms with Crippen LogP contribution in [0.4, 0.5) is 4.39 Å². The molecule has 1 fully saturated rings. The largest absolute Gasteiger partial charge is 0.451 e. The number of nitrogens with zero attached hydrogens (tertiary/aromatic N) is 2. The summed E-state index contributed by atoms with van der Waals surface area (Å²) in [6, 6.07) is 11.9. The minimum atomic E-state index is -0.806. The molecule has 0 aromatic heterocycles. The molecule has 41 heavy (non-hydrogen) atoms. The number of likely N-dealkylation sites (tertiary alicyclic amines) is 1. The third kappa shape index (κ3) is 8.46. The molecule has 10 nitrogen and oxygen atoms in total. The number of nitrogens with two attached hydrogens (primary N) is 1. The number of aliphatic hydroxyl groups excluding tert-OH is 1. The molecule has 3 atom stereocenters. The van der Waals surface area contributed by atoms with Crippen LogP contribution in [0, 0.1) is 34.9 Å². The Morgan fingerprint density at radius 2 is 2.00 bits per heavy atom. The van der Waals surface area contributed by atoms with Gasteiger partial charge in [-0.15, -0.1) is 0 Å². The second-order valence-corrected chi connectivity index (χ2v) is 10.2. The summed E-state index contributed by atoms with van der Waals surface area (Å²) in [5.41, 5.74) is 6.33. The number of rotatable bonds is 9. The van der Waals surface area contributed by atoms with Crippen molar-refractivity contribution in [2.45, 2.75) is 59.2 Å². The van der Waals surface area contributed by atoms with Crippen LogP contribution in [0.25, 0.3) is 0 Å². The number of halogens is 1. The molecule has 3 amide bonds. The van der Waals surface area contributed by atoms with Crippen LogP contribution in [0.3, 0.4) is 0 Å². The molecule has 11 heteroatoms. The predicted molar refractivity (Wildman–Crippen MR) is 151 cm³/mol. The van der Waals surface area contributed by atoms with Crippen LogP contribution >= 0.6 is 0 Å². The molecule has 1 heterocycles. The minimum Gasteiger partial charge on any atom is -0.451 e. The number of benzene rings is 2. The quantitative estimate of drug-likeness (QED) is 0.157. The van der Waals surface area contributed by atoms with Gasteiger partial charge in [0.2, 0.25) is 6.41 Å². The average molecular weight is 566 g/mol. The summed E-state index contributed by atoms with van der Waals surface area (Å²) in [6.07, 6.45) is 1.38. The zero-order chi connectivity index (χ0) is 30.9. The summed E-state index contributed by atoms with van der Waals surface area (Å²) in [5, 5.41) is 29.5. The third-order valence-electron chi connectivity index (χ3n) is 6.53. The molecule has 0 bridgehead atoms. The Morgan fingerprint density at radius 3 is 2.51 bits per heavy atom. The van der Waals surface area contributed by atoms with E-state index < -0.39 is 35.3 Å². The van der Waals surface area contributed by atoms with Crippen LogP contribution in [0.2, 0.25) is 0 Å². The monoisotopic (exact) mass is 565 g/mol. The second-order valence-electron chi connectivity index (χ2n) is 10.2. The Morgan fingerprint density at radius 1 is 1.32 bits per heavy atom. The van der Waals surface area contributed by atoms with Crippen molar-refractivity contribution in [3.05, 3.63) is 76.8 Å².